The summed E-state index contributed by atoms with van der Waals surface area (Å²) in [5, 5.41) is 14.4. The number of hydrogen-bond donors (Lipinski definition) is 2. The van der Waals surface area contributed by atoms with E-state index in [0.29, 0.717) is 52.8 Å². The van der Waals surface area contributed by atoms with E-state index < -0.39 is 12.0 Å². The van der Waals surface area contributed by atoms with Crippen LogP contribution >= 0.6 is 0 Å². The number of hydrogen-bond acceptors (Lipinski definition) is 9. The van der Waals surface area contributed by atoms with Gasteiger partial charge < -0.3 is 25.1 Å². The van der Waals surface area contributed by atoms with Crippen LogP contribution in [0.15, 0.2) is 34.9 Å². The lowest BCUT2D eigenvalue weighted by Crippen LogP contribution is -2.51. The van der Waals surface area contributed by atoms with Crippen molar-refractivity contribution in [2.75, 3.05) is 43.4 Å². The van der Waals surface area contributed by atoms with Crippen LogP contribution in [0.3, 0.4) is 0 Å². The summed E-state index contributed by atoms with van der Waals surface area (Å²) in [4.78, 5) is 13.8. The van der Waals surface area contributed by atoms with Crippen LogP contribution in [-0.2, 0) is 0 Å². The largest absolute Gasteiger partial charge is 0.463 e. The molecule has 0 radical (unpaired) electrons. The molecule has 2 bridgehead atoms. The second-order valence-corrected chi connectivity index (χ2v) is 12.2. The number of aromatic nitrogens is 2. The van der Waals surface area contributed by atoms with E-state index in [2.05, 4.69) is 26.2 Å². The summed E-state index contributed by atoms with van der Waals surface area (Å²) in [6.07, 6.45) is 5.05. The Hall–Kier alpha value is -4.01. The molecule has 42 heavy (non-hydrogen) atoms. The molecule has 2 aromatic heterocycles. The summed E-state index contributed by atoms with van der Waals surface area (Å²) in [6, 6.07) is 9.75. The summed E-state index contributed by atoms with van der Waals surface area (Å²) < 4.78 is 42.9. The Morgan fingerprint density at radius 2 is 1.98 bits per heavy atom. The van der Waals surface area contributed by atoms with E-state index in [1.807, 2.05) is 6.07 Å². The Labute approximate surface area is 241 Å². The first-order valence-electron chi connectivity index (χ1n) is 14.7. The molecular weight excluding hydrogens is 540 g/mol. The number of furan rings is 1. The number of ether oxygens (including phenoxy) is 1. The maximum Gasteiger partial charge on any atom is 0.319 e. The maximum atomic E-state index is 16.6. The number of benzene rings is 2. The fraction of sp³-hybridized carbons (Fsp3) is 0.452. The molecule has 4 atom stereocenters. The molecule has 4 aromatic rings. The van der Waals surface area contributed by atoms with E-state index in [1.54, 1.807) is 18.2 Å². The van der Waals surface area contributed by atoms with Crippen LogP contribution in [0.5, 0.6) is 6.01 Å². The fourth-order valence-electron chi connectivity index (χ4n) is 7.75. The molecule has 0 unspecified atom stereocenters. The van der Waals surface area contributed by atoms with Crippen molar-refractivity contribution in [2.45, 2.75) is 55.9 Å². The second-order valence-electron chi connectivity index (χ2n) is 12.2. The molecule has 4 aliphatic heterocycles. The number of nitrogen functional groups attached to an aromatic ring is 1. The highest BCUT2D eigenvalue weighted by Crippen LogP contribution is 2.42. The highest BCUT2D eigenvalue weighted by atomic mass is 19.1. The number of nitrogens with two attached hydrogens (primary N) is 1. The number of piperazine rings is 1. The standard InChI is InChI=1S/C31H31F2N7O2/c32-17-11-31(7-1-8-40(31)13-17)16-42-30-37-27-22(29(38-30)39-14-18-2-3-19(15-39)36-18)5-4-20(26(27)33)23-10-25(35)24(12-34)28-21(23)6-9-41-28/h4-6,9-10,17-19,36H,1-3,7-8,11,13-16,35H2/t17-,18-,19+,31+/m1/s1. The minimum absolute atomic E-state index is 0.0933. The normalized spacial score (nSPS) is 27.2. The number of rotatable bonds is 5. The lowest BCUT2D eigenvalue weighted by molar-refractivity contribution is 0.107. The fourth-order valence-corrected chi connectivity index (χ4v) is 7.75. The minimum atomic E-state index is -0.877. The van der Waals surface area contributed by atoms with Crippen molar-refractivity contribution in [3.63, 3.8) is 0 Å². The van der Waals surface area contributed by atoms with Gasteiger partial charge >= 0.3 is 6.01 Å². The Morgan fingerprint density at radius 3 is 2.79 bits per heavy atom. The quantitative estimate of drug-likeness (QED) is 0.333. The van der Waals surface area contributed by atoms with Crippen molar-refractivity contribution >= 4 is 33.4 Å². The number of anilines is 2. The van der Waals surface area contributed by atoms with Crippen LogP contribution in [0, 0.1) is 17.1 Å². The van der Waals surface area contributed by atoms with Gasteiger partial charge in [0.25, 0.3) is 0 Å². The van der Waals surface area contributed by atoms with Crippen LogP contribution in [-0.4, -0.2) is 71.4 Å². The van der Waals surface area contributed by atoms with Gasteiger partial charge in [-0.1, -0.05) is 6.07 Å². The Morgan fingerprint density at radius 1 is 1.14 bits per heavy atom. The van der Waals surface area contributed by atoms with Crippen LogP contribution in [0.1, 0.15) is 37.7 Å². The number of nitriles is 1. The molecule has 9 nitrogen and oxygen atoms in total. The summed E-state index contributed by atoms with van der Waals surface area (Å²) >= 11 is 0. The van der Waals surface area contributed by atoms with Gasteiger partial charge in [-0.05, 0) is 56.0 Å². The third kappa shape index (κ3) is 3.92. The SMILES string of the molecule is N#Cc1c(N)cc(-c2ccc3c(N4C[C@H]5CC[C@@H](C4)N5)nc(OC[C@@]45CCCN4C[C@H](F)C5)nc3c2F)c2ccoc12. The lowest BCUT2D eigenvalue weighted by Gasteiger charge is -2.34. The van der Waals surface area contributed by atoms with Crippen molar-refractivity contribution in [3.05, 3.63) is 41.9 Å². The number of alkyl halides is 1. The first-order chi connectivity index (χ1) is 20.4. The predicted octanol–water partition coefficient (Wildman–Crippen LogP) is 4.53. The molecule has 2 aromatic carbocycles. The van der Waals surface area contributed by atoms with Crippen molar-refractivity contribution in [1.82, 2.24) is 20.2 Å². The van der Waals surface area contributed by atoms with E-state index >= 15 is 4.39 Å². The van der Waals surface area contributed by atoms with E-state index in [4.69, 9.17) is 19.9 Å². The molecular formula is C31H31F2N7O2. The molecule has 4 saturated heterocycles. The van der Waals surface area contributed by atoms with Crippen molar-refractivity contribution < 1.29 is 17.9 Å². The maximum absolute atomic E-state index is 16.6. The van der Waals surface area contributed by atoms with Crippen molar-refractivity contribution in [1.29, 1.82) is 5.26 Å². The summed E-state index contributed by atoms with van der Waals surface area (Å²) in [5.74, 6) is 0.110. The van der Waals surface area contributed by atoms with Gasteiger partial charge in [0.2, 0.25) is 0 Å². The van der Waals surface area contributed by atoms with Gasteiger partial charge in [0.1, 0.15) is 35.7 Å². The minimum Gasteiger partial charge on any atom is -0.463 e. The average Bonchev–Trinajstić information content (AvgIpc) is 3.75. The van der Waals surface area contributed by atoms with E-state index in [0.717, 1.165) is 45.3 Å². The topological polar surface area (TPSA) is 116 Å². The Balaban J connectivity index is 1.25. The van der Waals surface area contributed by atoms with Gasteiger partial charge in [0, 0.05) is 54.5 Å². The highest BCUT2D eigenvalue weighted by Gasteiger charge is 2.49. The average molecular weight is 572 g/mol. The molecule has 4 fully saturated rings. The summed E-state index contributed by atoms with van der Waals surface area (Å²) in [6.45, 7) is 3.05. The summed E-state index contributed by atoms with van der Waals surface area (Å²) in [5.41, 5.74) is 7.51. The first-order valence-corrected chi connectivity index (χ1v) is 14.7. The molecule has 8 rings (SSSR count). The van der Waals surface area contributed by atoms with Crippen LogP contribution in [0.2, 0.25) is 0 Å². The van der Waals surface area contributed by atoms with Crippen LogP contribution in [0.25, 0.3) is 33.0 Å². The predicted molar refractivity (Wildman–Crippen MR) is 155 cm³/mol. The monoisotopic (exact) mass is 571 g/mol. The molecule has 0 spiro atoms. The zero-order valence-corrected chi connectivity index (χ0v) is 23.1. The Kier molecular flexibility index (Phi) is 5.81. The second kappa shape index (κ2) is 9.51. The van der Waals surface area contributed by atoms with Gasteiger partial charge in [0.05, 0.1) is 17.5 Å². The highest BCUT2D eigenvalue weighted by molar-refractivity contribution is 6.03. The number of nitrogens with one attached hydrogen (secondary N) is 1. The van der Waals surface area contributed by atoms with Gasteiger partial charge in [0.15, 0.2) is 11.4 Å². The third-order valence-electron chi connectivity index (χ3n) is 9.69. The molecule has 3 N–H and O–H groups in total. The first kappa shape index (κ1) is 25.7. The van der Waals surface area contributed by atoms with Crippen LogP contribution in [0.4, 0.5) is 20.3 Å². The molecule has 0 amide bonds. The Bertz CT molecular complexity index is 1760. The molecule has 0 saturated carbocycles. The third-order valence-corrected chi connectivity index (χ3v) is 9.69. The van der Waals surface area contributed by atoms with Gasteiger partial charge in [-0.2, -0.15) is 15.2 Å². The molecule has 4 aliphatic rings. The summed E-state index contributed by atoms with van der Waals surface area (Å²) in [7, 11) is 0. The van der Waals surface area contributed by atoms with Crippen molar-refractivity contribution in [2.24, 2.45) is 0 Å². The van der Waals surface area contributed by atoms with Gasteiger partial charge in [-0.3, -0.25) is 4.90 Å². The zero-order chi connectivity index (χ0) is 28.6. The lowest BCUT2D eigenvalue weighted by atomic mass is 9.95. The van der Waals surface area contributed by atoms with Gasteiger partial charge in [-0.15, -0.1) is 0 Å². The number of fused-ring (bicyclic) bond motifs is 5. The van der Waals surface area contributed by atoms with E-state index in [9.17, 15) is 9.65 Å². The number of halogens is 2. The van der Waals surface area contributed by atoms with E-state index in [-0.39, 0.29) is 40.5 Å². The van der Waals surface area contributed by atoms with Crippen molar-refractivity contribution in [3.8, 4) is 23.2 Å². The molecule has 11 heteroatoms. The van der Waals surface area contributed by atoms with Crippen LogP contribution < -0.4 is 20.7 Å². The van der Waals surface area contributed by atoms with E-state index in [1.165, 1.54) is 6.26 Å². The molecule has 216 valence electrons. The molecule has 6 heterocycles. The number of nitrogens with zero attached hydrogens (tertiary/aromatic N) is 5. The zero-order valence-electron chi connectivity index (χ0n) is 23.1. The smallest absolute Gasteiger partial charge is 0.319 e. The van der Waals surface area contributed by atoms with Gasteiger partial charge in [-0.25, -0.2) is 8.78 Å². The molecule has 0 aliphatic carbocycles.